The molecule has 15 heteroatoms. The van der Waals surface area contributed by atoms with Crippen molar-refractivity contribution in [2.24, 2.45) is 5.92 Å². The highest BCUT2D eigenvalue weighted by molar-refractivity contribution is 6.36. The van der Waals surface area contributed by atoms with Gasteiger partial charge in [0, 0.05) is 71.3 Å². The molecule has 4 aliphatic rings. The van der Waals surface area contributed by atoms with Crippen molar-refractivity contribution in [1.82, 2.24) is 34.9 Å². The monoisotopic (exact) mass is 769 g/mol. The van der Waals surface area contributed by atoms with E-state index in [1.54, 1.807) is 23.2 Å². The van der Waals surface area contributed by atoms with Gasteiger partial charge in [-0.1, -0.05) is 47.1 Å². The van der Waals surface area contributed by atoms with Crippen LogP contribution in [-0.2, 0) is 14.9 Å². The topological polar surface area (TPSA) is 123 Å². The molecule has 4 aliphatic heterocycles. The molecule has 0 radical (unpaired) electrons. The van der Waals surface area contributed by atoms with Crippen molar-refractivity contribution >= 4 is 57.3 Å². The summed E-state index contributed by atoms with van der Waals surface area (Å²) in [6.45, 7) is 5.45. The van der Waals surface area contributed by atoms with Gasteiger partial charge in [-0.3, -0.25) is 14.7 Å². The van der Waals surface area contributed by atoms with E-state index >= 15 is 4.39 Å². The normalized spacial score (nSPS) is 23.9. The van der Waals surface area contributed by atoms with E-state index in [0.29, 0.717) is 78.7 Å². The van der Waals surface area contributed by atoms with Crippen LogP contribution in [-0.4, -0.2) is 116 Å². The molecular weight excluding hydrogens is 730 g/mol. The molecule has 55 heavy (non-hydrogen) atoms. The molecule has 3 aromatic heterocycles. The number of hydrogen-bond donors (Lipinski definition) is 0. The van der Waals surface area contributed by atoms with Gasteiger partial charge in [-0.15, -0.1) is 0 Å². The Morgan fingerprint density at radius 3 is 2.80 bits per heavy atom. The van der Waals surface area contributed by atoms with Gasteiger partial charge >= 0.3 is 11.8 Å². The molecule has 3 atom stereocenters. The number of ether oxygens (including phenoxy) is 2. The molecule has 4 saturated heterocycles. The van der Waals surface area contributed by atoms with Gasteiger partial charge in [-0.2, -0.15) is 9.97 Å². The summed E-state index contributed by atoms with van der Waals surface area (Å²) in [5.74, 6) is 0.391. The molecule has 1 amide bonds. The highest BCUT2D eigenvalue weighted by Gasteiger charge is 2.49. The number of rotatable bonds is 9. The van der Waals surface area contributed by atoms with Crippen LogP contribution >= 0.6 is 11.6 Å². The van der Waals surface area contributed by atoms with Crippen LogP contribution < -0.4 is 4.74 Å². The zero-order chi connectivity index (χ0) is 37.9. The Morgan fingerprint density at radius 1 is 1.15 bits per heavy atom. The Balaban J connectivity index is 1.01. The standard InChI is InChI=1S/C40H40ClF2N8O4/c1-39(21-53-22-39)37-45-30(55-48-37)10-11-31(52)50-15-12-24(19-50)18-49(2)36-28-17-44-34(27-8-3-6-25-7-4-9-29(41)32(25)27)33(43)35(28)46-38(47-36)54-23-40-13-5-14-51(40)20-26(42)16-40/h3-4,6-11,17-18,24,26H,5,12-16,19-23H2,1-2H3/q+1/b11-10+,49-18+/t24?,26-,40+/m1/s1. The van der Waals surface area contributed by atoms with Gasteiger partial charge in [-0.05, 0) is 44.2 Å². The van der Waals surface area contributed by atoms with Crippen molar-refractivity contribution in [3.05, 3.63) is 71.2 Å². The molecule has 0 aliphatic carbocycles. The van der Waals surface area contributed by atoms with E-state index in [4.69, 9.17) is 30.6 Å². The van der Waals surface area contributed by atoms with Crippen LogP contribution in [0.3, 0.4) is 0 Å². The Kier molecular flexibility index (Phi) is 9.09. The molecule has 9 rings (SSSR count). The number of benzene rings is 2. The summed E-state index contributed by atoms with van der Waals surface area (Å²) in [4.78, 5) is 35.5. The summed E-state index contributed by atoms with van der Waals surface area (Å²) in [6, 6.07) is 11.1. The van der Waals surface area contributed by atoms with Crippen molar-refractivity contribution in [2.45, 2.75) is 49.7 Å². The SMILES string of the molecule is C/[N+](=C\C1CCN(C(=O)/C=C/c2nc(C3(C)COC3)no2)C1)c1nc(OC[C@@]23CCCN2C[C@H](F)C3)nc2c(F)c(-c3cccc4cccc(Cl)c34)ncc12. The summed E-state index contributed by atoms with van der Waals surface area (Å²) in [5, 5.41) is 6.47. The first kappa shape index (κ1) is 35.8. The van der Waals surface area contributed by atoms with Gasteiger partial charge in [-0.25, -0.2) is 13.4 Å². The van der Waals surface area contributed by atoms with E-state index in [-0.39, 0.29) is 47.0 Å². The van der Waals surface area contributed by atoms with Crippen LogP contribution in [0.25, 0.3) is 39.0 Å². The van der Waals surface area contributed by atoms with Gasteiger partial charge < -0.3 is 18.9 Å². The van der Waals surface area contributed by atoms with Gasteiger partial charge in [0.25, 0.3) is 5.89 Å². The van der Waals surface area contributed by atoms with Crippen LogP contribution in [0, 0.1) is 11.7 Å². The fraction of sp³-hybridized carbons (Fsp3) is 0.425. The Hall–Kier alpha value is -4.92. The highest BCUT2D eigenvalue weighted by Crippen LogP contribution is 2.41. The number of carbonyl (C=O) groups excluding carboxylic acids is 1. The molecule has 0 spiro atoms. The summed E-state index contributed by atoms with van der Waals surface area (Å²) in [7, 11) is 1.83. The first-order valence-electron chi connectivity index (χ1n) is 18.6. The second kappa shape index (κ2) is 14.0. The number of hydrogen-bond acceptors (Lipinski definition) is 10. The number of aromatic nitrogens is 5. The van der Waals surface area contributed by atoms with E-state index in [0.717, 1.165) is 24.8 Å². The van der Waals surface area contributed by atoms with Crippen molar-refractivity contribution < 1.29 is 32.1 Å². The maximum Gasteiger partial charge on any atom is 0.434 e. The fourth-order valence-electron chi connectivity index (χ4n) is 8.51. The first-order valence-corrected chi connectivity index (χ1v) is 19.0. The van der Waals surface area contributed by atoms with Crippen LogP contribution in [0.4, 0.5) is 14.6 Å². The van der Waals surface area contributed by atoms with Crippen LogP contribution in [0.15, 0.2) is 53.2 Å². The van der Waals surface area contributed by atoms with E-state index in [2.05, 4.69) is 25.0 Å². The number of pyridine rings is 1. The molecule has 284 valence electrons. The maximum atomic E-state index is 16.9. The number of fused-ring (bicyclic) bond motifs is 3. The molecule has 12 nitrogen and oxygen atoms in total. The van der Waals surface area contributed by atoms with Gasteiger partial charge in [0.2, 0.25) is 5.91 Å². The van der Waals surface area contributed by atoms with Crippen molar-refractivity contribution in [2.75, 3.05) is 53.0 Å². The third-order valence-corrected chi connectivity index (χ3v) is 11.8. The van der Waals surface area contributed by atoms with Crippen molar-refractivity contribution in [3.63, 3.8) is 0 Å². The van der Waals surface area contributed by atoms with E-state index in [1.807, 2.05) is 49.0 Å². The van der Waals surface area contributed by atoms with Gasteiger partial charge in [0.1, 0.15) is 29.4 Å². The second-order valence-electron chi connectivity index (χ2n) is 15.5. The zero-order valence-electron chi connectivity index (χ0n) is 30.6. The van der Waals surface area contributed by atoms with Crippen LogP contribution in [0.1, 0.15) is 44.3 Å². The lowest BCUT2D eigenvalue weighted by Gasteiger charge is -2.34. The quantitative estimate of drug-likeness (QED) is 0.0978. The number of alkyl halides is 1. The second-order valence-corrected chi connectivity index (χ2v) is 15.9. The molecule has 0 saturated carbocycles. The smallest absolute Gasteiger partial charge is 0.434 e. The minimum absolute atomic E-state index is 0.00494. The van der Waals surface area contributed by atoms with Crippen LogP contribution in [0.5, 0.6) is 6.01 Å². The molecule has 1 unspecified atom stereocenters. The predicted octanol–water partition coefficient (Wildman–Crippen LogP) is 6.17. The van der Waals surface area contributed by atoms with Crippen molar-refractivity contribution in [3.8, 4) is 17.3 Å². The summed E-state index contributed by atoms with van der Waals surface area (Å²) in [5.41, 5.74) is -0.0298. The van der Waals surface area contributed by atoms with E-state index in [1.165, 1.54) is 12.2 Å². The number of nitrogens with zero attached hydrogens (tertiary/aromatic N) is 8. The Morgan fingerprint density at radius 2 is 1.98 bits per heavy atom. The lowest BCUT2D eigenvalue weighted by molar-refractivity contribution is -0.405. The maximum absolute atomic E-state index is 16.9. The summed E-state index contributed by atoms with van der Waals surface area (Å²) >= 11 is 6.63. The molecule has 0 bridgehead atoms. The van der Waals surface area contributed by atoms with E-state index < -0.39 is 17.5 Å². The fourth-order valence-corrected chi connectivity index (χ4v) is 8.80. The number of carbonyl (C=O) groups is 1. The Labute approximate surface area is 320 Å². The molecule has 4 fully saturated rings. The Bertz CT molecular complexity index is 2380. The zero-order valence-corrected chi connectivity index (χ0v) is 31.3. The molecule has 5 aromatic rings. The number of likely N-dealkylation sites (tertiary alicyclic amines) is 1. The average molecular weight is 770 g/mol. The molecule has 7 heterocycles. The number of amides is 1. The molecular formula is C40H40ClF2N8O4+. The third kappa shape index (κ3) is 6.53. The molecule has 2 aromatic carbocycles. The van der Waals surface area contributed by atoms with Gasteiger partial charge in [0.15, 0.2) is 11.6 Å². The lowest BCUT2D eigenvalue weighted by atomic mass is 9.88. The third-order valence-electron chi connectivity index (χ3n) is 11.5. The first-order chi connectivity index (χ1) is 26.6. The number of halogens is 3. The summed E-state index contributed by atoms with van der Waals surface area (Å²) < 4.78 is 50.2. The predicted molar refractivity (Wildman–Crippen MR) is 202 cm³/mol. The minimum atomic E-state index is -0.924. The largest absolute Gasteiger partial charge is 0.443 e. The average Bonchev–Trinajstić information content (AvgIpc) is 3.97. The molecule has 0 N–H and O–H groups in total. The highest BCUT2D eigenvalue weighted by atomic mass is 35.5. The van der Waals surface area contributed by atoms with Gasteiger partial charge in [0.05, 0.1) is 37.4 Å². The lowest BCUT2D eigenvalue weighted by Crippen LogP contribution is -2.44. The van der Waals surface area contributed by atoms with Crippen molar-refractivity contribution in [1.29, 1.82) is 0 Å². The minimum Gasteiger partial charge on any atom is -0.443 e. The van der Waals surface area contributed by atoms with E-state index in [9.17, 15) is 9.18 Å². The summed E-state index contributed by atoms with van der Waals surface area (Å²) in [6.07, 6.45) is 8.46. The van der Waals surface area contributed by atoms with Crippen LogP contribution in [0.2, 0.25) is 5.02 Å².